The Morgan fingerprint density at radius 2 is 1.10 bits per heavy atom. The van der Waals surface area contributed by atoms with Gasteiger partial charge in [-0.25, -0.2) is 0 Å². The van der Waals surface area contributed by atoms with Gasteiger partial charge in [0.25, 0.3) is 0 Å². The molecule has 0 fully saturated rings. The fraction of sp³-hybridized carbons (Fsp3) is 0.0179. The number of nitrogens with one attached hydrogen (secondary N) is 1. The highest BCUT2D eigenvalue weighted by Crippen LogP contribution is 2.48. The van der Waals surface area contributed by atoms with E-state index in [1.807, 2.05) is 23.5 Å². The minimum absolute atomic E-state index is 0.365. The van der Waals surface area contributed by atoms with Gasteiger partial charge in [0.15, 0.2) is 11.2 Å². The topological polar surface area (TPSA) is 42.5 Å². The van der Waals surface area contributed by atoms with E-state index in [0.29, 0.717) is 0 Å². The molecule has 12 aromatic rings. The smallest absolute Gasteiger partial charge is 0.194 e. The van der Waals surface area contributed by atoms with Crippen LogP contribution in [0.15, 0.2) is 210 Å². The normalized spacial score (nSPS) is 14.0. The Kier molecular flexibility index (Phi) is 7.50. The molecule has 4 heterocycles. The third kappa shape index (κ3) is 5.27. The van der Waals surface area contributed by atoms with Crippen molar-refractivity contribution in [3.8, 4) is 33.4 Å². The summed E-state index contributed by atoms with van der Waals surface area (Å²) in [5, 5.41) is 13.3. The highest BCUT2D eigenvalue weighted by Gasteiger charge is 2.28. The van der Waals surface area contributed by atoms with Gasteiger partial charge in [-0.05, 0) is 92.2 Å². The van der Waals surface area contributed by atoms with E-state index in [2.05, 4.69) is 198 Å². The van der Waals surface area contributed by atoms with E-state index in [1.165, 1.54) is 69.5 Å². The Morgan fingerprint density at radius 3 is 1.90 bits per heavy atom. The van der Waals surface area contributed by atoms with Crippen molar-refractivity contribution in [1.82, 2.24) is 9.88 Å². The first-order valence-electron chi connectivity index (χ1n) is 20.7. The third-order valence-electron chi connectivity index (χ3n) is 12.4. The molecule has 0 bridgehead atoms. The van der Waals surface area contributed by atoms with Gasteiger partial charge in [-0.3, -0.25) is 9.56 Å². The summed E-state index contributed by atoms with van der Waals surface area (Å²) in [6.45, 7) is 0. The van der Waals surface area contributed by atoms with Gasteiger partial charge in [-0.15, -0.1) is 11.3 Å². The summed E-state index contributed by atoms with van der Waals surface area (Å²) in [5.74, 6) is 0.884. The predicted octanol–water partition coefficient (Wildman–Crippen LogP) is 13.6. The van der Waals surface area contributed by atoms with Gasteiger partial charge in [-0.2, -0.15) is 0 Å². The molecule has 1 N–H and O–H groups in total. The van der Waals surface area contributed by atoms with Crippen molar-refractivity contribution in [1.29, 1.82) is 0 Å². The van der Waals surface area contributed by atoms with Gasteiger partial charge in [-0.1, -0.05) is 158 Å². The maximum absolute atomic E-state index is 6.86. The maximum Gasteiger partial charge on any atom is 0.194 e. The zero-order valence-electron chi connectivity index (χ0n) is 32.8. The second kappa shape index (κ2) is 13.4. The summed E-state index contributed by atoms with van der Waals surface area (Å²) < 4.78 is 11.8. The van der Waals surface area contributed by atoms with Gasteiger partial charge in [0, 0.05) is 31.6 Å². The molecule has 1 aliphatic heterocycles. The lowest BCUT2D eigenvalue weighted by atomic mass is 9.94. The fourth-order valence-corrected chi connectivity index (χ4v) is 10.9. The molecule has 286 valence electrons. The monoisotopic (exact) mass is 797 g/mol. The van der Waals surface area contributed by atoms with E-state index in [-0.39, 0.29) is 6.17 Å². The molecule has 0 saturated heterocycles. The molecule has 61 heavy (non-hydrogen) atoms. The highest BCUT2D eigenvalue weighted by atomic mass is 32.1. The number of aromatic nitrogens is 1. The number of furan rings is 1. The van der Waals surface area contributed by atoms with Crippen LogP contribution in [0.1, 0.15) is 11.7 Å². The lowest BCUT2D eigenvalue weighted by Gasteiger charge is -2.23. The highest BCUT2D eigenvalue weighted by molar-refractivity contribution is 7.27. The van der Waals surface area contributed by atoms with E-state index < -0.39 is 0 Å². The summed E-state index contributed by atoms with van der Waals surface area (Å²) in [6, 6.07) is 71.9. The number of nitrogens with zero attached hydrogens (tertiary/aromatic N) is 2. The summed E-state index contributed by atoms with van der Waals surface area (Å²) in [6.07, 6.45) is -0.365. The molecule has 1 unspecified atom stereocenters. The first-order chi connectivity index (χ1) is 30.2. The molecular formula is C56H35N3OS. The number of thiophene rings is 1. The predicted molar refractivity (Wildman–Crippen MR) is 254 cm³/mol. The van der Waals surface area contributed by atoms with Crippen molar-refractivity contribution < 1.29 is 4.42 Å². The molecule has 9 aromatic carbocycles. The van der Waals surface area contributed by atoms with Crippen molar-refractivity contribution in [3.05, 3.63) is 217 Å². The number of fused-ring (bicyclic) bond motifs is 13. The largest absolute Gasteiger partial charge is 0.451 e. The van der Waals surface area contributed by atoms with E-state index in [9.17, 15) is 0 Å². The summed E-state index contributed by atoms with van der Waals surface area (Å²) in [5.41, 5.74) is 12.1. The van der Waals surface area contributed by atoms with Crippen molar-refractivity contribution in [2.45, 2.75) is 6.17 Å². The zero-order chi connectivity index (χ0) is 40.0. The van der Waals surface area contributed by atoms with Crippen LogP contribution in [0.5, 0.6) is 0 Å². The molecule has 0 amide bonds. The molecule has 0 aliphatic carbocycles. The number of para-hydroxylation sites is 2. The van der Waals surface area contributed by atoms with E-state index in [4.69, 9.17) is 9.41 Å². The molecule has 5 heteroatoms. The first kappa shape index (κ1) is 34.2. The fourth-order valence-electron chi connectivity index (χ4n) is 9.62. The molecule has 0 saturated carbocycles. The molecule has 0 radical (unpaired) electrons. The first-order valence-corrected chi connectivity index (χ1v) is 21.5. The van der Waals surface area contributed by atoms with Crippen LogP contribution < -0.4 is 16.1 Å². The Labute approximate surface area is 354 Å². The quantitative estimate of drug-likeness (QED) is 0.188. The third-order valence-corrected chi connectivity index (χ3v) is 13.6. The molecule has 4 nitrogen and oxygen atoms in total. The molecular weight excluding hydrogens is 763 g/mol. The van der Waals surface area contributed by atoms with Gasteiger partial charge in [0.05, 0.1) is 15.7 Å². The maximum atomic E-state index is 6.86. The Hall–Kier alpha value is -7.73. The Bertz CT molecular complexity index is 3860. The lowest BCUT2D eigenvalue weighted by molar-refractivity contribution is 0.525. The molecule has 3 aromatic heterocycles. The number of rotatable bonds is 5. The molecule has 13 rings (SSSR count). The second-order valence-corrected chi connectivity index (χ2v) is 16.9. The average molecular weight is 798 g/mol. The Morgan fingerprint density at radius 1 is 0.475 bits per heavy atom. The summed E-state index contributed by atoms with van der Waals surface area (Å²) >= 11 is 1.87. The SMILES string of the molecule is c1ccc(-c2cccc(-c3ccc4c(c3)c3c5ccccc5sc3c3c4c4ccccc4n3C3=c4oc5ccccc5c4=NC(c4cccc(-c5ccccc5)c4)N3)c2)cc1. The van der Waals surface area contributed by atoms with Crippen LogP contribution in [0, 0.1) is 0 Å². The van der Waals surface area contributed by atoms with Crippen LogP contribution in [0.3, 0.4) is 0 Å². The van der Waals surface area contributed by atoms with Crippen LogP contribution in [0.2, 0.25) is 0 Å². The van der Waals surface area contributed by atoms with Crippen molar-refractivity contribution in [2.75, 3.05) is 0 Å². The van der Waals surface area contributed by atoms with Crippen molar-refractivity contribution in [3.63, 3.8) is 0 Å². The van der Waals surface area contributed by atoms with Gasteiger partial charge < -0.3 is 9.73 Å². The van der Waals surface area contributed by atoms with Crippen LogP contribution in [-0.2, 0) is 0 Å². The van der Waals surface area contributed by atoms with Crippen molar-refractivity contribution in [2.24, 2.45) is 4.99 Å². The van der Waals surface area contributed by atoms with Gasteiger partial charge in [0.2, 0.25) is 0 Å². The lowest BCUT2D eigenvalue weighted by Crippen LogP contribution is -2.40. The van der Waals surface area contributed by atoms with Crippen LogP contribution >= 0.6 is 11.3 Å². The molecule has 0 spiro atoms. The van der Waals surface area contributed by atoms with Gasteiger partial charge >= 0.3 is 0 Å². The zero-order valence-corrected chi connectivity index (χ0v) is 33.7. The minimum atomic E-state index is -0.365. The Balaban J connectivity index is 1.11. The van der Waals surface area contributed by atoms with E-state index >= 15 is 0 Å². The number of hydrogen-bond donors (Lipinski definition) is 1. The van der Waals surface area contributed by atoms with Gasteiger partial charge in [0.1, 0.15) is 17.1 Å². The number of hydrogen-bond acceptors (Lipinski definition) is 4. The summed E-state index contributed by atoms with van der Waals surface area (Å²) in [4.78, 5) is 5.43. The van der Waals surface area contributed by atoms with Crippen LogP contribution in [0.4, 0.5) is 0 Å². The average Bonchev–Trinajstić information content (AvgIpc) is 4.02. The van der Waals surface area contributed by atoms with Crippen LogP contribution in [0.25, 0.3) is 103 Å². The van der Waals surface area contributed by atoms with Crippen LogP contribution in [-0.4, -0.2) is 4.57 Å². The molecule has 1 aliphatic rings. The minimum Gasteiger partial charge on any atom is -0.451 e. The standard InChI is InChI=1S/C56H35N3OS/c1-3-15-34(16-4-1)36-19-13-21-38(31-36)39-29-30-41-45(33-39)50-44-25-9-12-28-48(44)61-54(50)52-49(41)42-23-7-10-26-46(42)59(52)56-53-51(43-24-8-11-27-47(43)60-53)57-55(58-56)40-22-14-20-37(32-40)35-17-5-2-6-18-35/h1-33,55,58H. The number of benzene rings is 9. The van der Waals surface area contributed by atoms with Crippen molar-refractivity contribution >= 4 is 80.9 Å². The van der Waals surface area contributed by atoms with E-state index in [0.717, 1.165) is 49.7 Å². The van der Waals surface area contributed by atoms with E-state index in [1.54, 1.807) is 0 Å². The summed E-state index contributed by atoms with van der Waals surface area (Å²) in [7, 11) is 0. The second-order valence-electron chi connectivity index (χ2n) is 15.9. The molecule has 1 atom stereocenters.